The van der Waals surface area contributed by atoms with Gasteiger partial charge in [0.05, 0.1) is 15.7 Å². The maximum absolute atomic E-state index is 13.5. The number of hydrogen-bond acceptors (Lipinski definition) is 2. The van der Waals surface area contributed by atoms with Crippen LogP contribution < -0.4 is 10.2 Å². The number of halogens is 3. The van der Waals surface area contributed by atoms with Crippen LogP contribution >= 0.6 is 23.2 Å². The summed E-state index contributed by atoms with van der Waals surface area (Å²) in [6.07, 6.45) is 0.0525. The molecule has 2 rings (SSSR count). The highest BCUT2D eigenvalue weighted by Crippen LogP contribution is 2.32. The van der Waals surface area contributed by atoms with E-state index in [9.17, 15) is 14.0 Å². The molecule has 1 N–H and O–H groups in total. The summed E-state index contributed by atoms with van der Waals surface area (Å²) in [6, 6.07) is 11.2. The summed E-state index contributed by atoms with van der Waals surface area (Å²) < 4.78 is 13.5. The van der Waals surface area contributed by atoms with Crippen molar-refractivity contribution in [2.75, 3.05) is 11.4 Å². The van der Waals surface area contributed by atoms with Crippen molar-refractivity contribution in [2.45, 2.75) is 19.9 Å². The van der Waals surface area contributed by atoms with Gasteiger partial charge in [0.1, 0.15) is 5.82 Å². The fourth-order valence-corrected chi connectivity index (χ4v) is 2.68. The van der Waals surface area contributed by atoms with Crippen LogP contribution in [0.1, 0.15) is 18.9 Å². The first-order valence-corrected chi connectivity index (χ1v) is 8.38. The van der Waals surface area contributed by atoms with E-state index in [0.29, 0.717) is 16.3 Å². The van der Waals surface area contributed by atoms with Crippen molar-refractivity contribution in [1.82, 2.24) is 5.32 Å². The molecule has 7 heteroatoms. The molecule has 0 aromatic heterocycles. The maximum atomic E-state index is 13.5. The smallest absolute Gasteiger partial charge is 0.223 e. The highest BCUT2D eigenvalue weighted by Gasteiger charge is 2.17. The first-order chi connectivity index (χ1) is 11.9. The Labute approximate surface area is 155 Å². The number of hydrogen-bond donors (Lipinski definition) is 1. The van der Waals surface area contributed by atoms with Gasteiger partial charge < -0.3 is 10.2 Å². The molecule has 0 spiro atoms. The first kappa shape index (κ1) is 19.2. The number of amides is 2. The maximum Gasteiger partial charge on any atom is 0.223 e. The average molecular weight is 383 g/mol. The molecule has 2 amide bonds. The topological polar surface area (TPSA) is 49.4 Å². The fourth-order valence-electron chi connectivity index (χ4n) is 2.29. The van der Waals surface area contributed by atoms with E-state index < -0.39 is 0 Å². The van der Waals surface area contributed by atoms with Crippen molar-refractivity contribution >= 4 is 40.7 Å². The molecule has 0 fully saturated rings. The van der Waals surface area contributed by atoms with E-state index in [4.69, 9.17) is 23.2 Å². The molecule has 0 atom stereocenters. The van der Waals surface area contributed by atoms with E-state index in [1.54, 1.807) is 36.4 Å². The molecule has 0 heterocycles. The summed E-state index contributed by atoms with van der Waals surface area (Å²) in [5.41, 5.74) is 0.848. The Kier molecular flexibility index (Phi) is 6.79. The van der Waals surface area contributed by atoms with Crippen LogP contribution in [0.4, 0.5) is 10.1 Å². The largest absolute Gasteiger partial charge is 0.352 e. The van der Waals surface area contributed by atoms with Crippen molar-refractivity contribution < 1.29 is 14.0 Å². The Balaban J connectivity index is 1.97. The minimum Gasteiger partial charge on any atom is -0.352 e. The molecule has 0 aliphatic carbocycles. The highest BCUT2D eigenvalue weighted by molar-refractivity contribution is 6.44. The number of carbonyl (C=O) groups is 2. The predicted octanol–water partition coefficient (Wildman–Crippen LogP) is 4.19. The summed E-state index contributed by atoms with van der Waals surface area (Å²) in [6.45, 7) is 1.61. The molecule has 0 saturated carbocycles. The van der Waals surface area contributed by atoms with Gasteiger partial charge in [0.2, 0.25) is 11.8 Å². The van der Waals surface area contributed by atoms with Gasteiger partial charge in [-0.2, -0.15) is 0 Å². The molecule has 2 aromatic carbocycles. The number of carbonyl (C=O) groups excluding carboxylic acids is 2. The van der Waals surface area contributed by atoms with Crippen LogP contribution in [0, 0.1) is 5.82 Å². The van der Waals surface area contributed by atoms with Gasteiger partial charge in [-0.15, -0.1) is 0 Å². The molecule has 0 aliphatic rings. The van der Waals surface area contributed by atoms with Crippen LogP contribution in [0.3, 0.4) is 0 Å². The quantitative estimate of drug-likeness (QED) is 0.813. The average Bonchev–Trinajstić information content (AvgIpc) is 2.57. The molecule has 0 unspecified atom stereocenters. The second-order valence-corrected chi connectivity index (χ2v) is 6.15. The van der Waals surface area contributed by atoms with Crippen molar-refractivity contribution in [1.29, 1.82) is 0 Å². The van der Waals surface area contributed by atoms with Gasteiger partial charge in [0.15, 0.2) is 0 Å². The van der Waals surface area contributed by atoms with Crippen molar-refractivity contribution in [3.8, 4) is 0 Å². The van der Waals surface area contributed by atoms with E-state index in [-0.39, 0.29) is 42.2 Å². The Hall–Kier alpha value is -2.11. The molecular formula is C18H17Cl2FN2O2. The Morgan fingerprint density at radius 3 is 2.52 bits per heavy atom. The lowest BCUT2D eigenvalue weighted by Crippen LogP contribution is -2.34. The van der Waals surface area contributed by atoms with E-state index in [1.165, 1.54) is 17.9 Å². The normalized spacial score (nSPS) is 10.4. The lowest BCUT2D eigenvalue weighted by Gasteiger charge is -2.22. The van der Waals surface area contributed by atoms with Crippen LogP contribution in [-0.2, 0) is 16.1 Å². The highest BCUT2D eigenvalue weighted by atomic mass is 35.5. The fraction of sp³-hybridized carbons (Fsp3) is 0.222. The zero-order valence-electron chi connectivity index (χ0n) is 13.6. The molecule has 0 radical (unpaired) electrons. The lowest BCUT2D eigenvalue weighted by atomic mass is 10.2. The van der Waals surface area contributed by atoms with Crippen LogP contribution in [0.25, 0.3) is 0 Å². The van der Waals surface area contributed by atoms with Crippen LogP contribution in [0.5, 0.6) is 0 Å². The SMILES string of the molecule is CC(=O)N(CCC(=O)NCc1ccccc1F)c1cccc(Cl)c1Cl. The molecule has 0 bridgehead atoms. The number of anilines is 1. The van der Waals surface area contributed by atoms with E-state index in [2.05, 4.69) is 5.32 Å². The van der Waals surface area contributed by atoms with Crippen LogP contribution in [-0.4, -0.2) is 18.4 Å². The van der Waals surface area contributed by atoms with Crippen molar-refractivity contribution in [3.05, 3.63) is 63.9 Å². The summed E-state index contributed by atoms with van der Waals surface area (Å²) in [7, 11) is 0. The van der Waals surface area contributed by atoms with Gasteiger partial charge in [-0.3, -0.25) is 9.59 Å². The molecule has 25 heavy (non-hydrogen) atoms. The minimum absolute atomic E-state index is 0.0525. The predicted molar refractivity (Wildman–Crippen MR) is 97.4 cm³/mol. The van der Waals surface area contributed by atoms with Gasteiger partial charge in [-0.25, -0.2) is 4.39 Å². The van der Waals surface area contributed by atoms with E-state index >= 15 is 0 Å². The third kappa shape index (κ3) is 5.18. The van der Waals surface area contributed by atoms with Gasteiger partial charge in [0.25, 0.3) is 0 Å². The van der Waals surface area contributed by atoms with Gasteiger partial charge in [-0.1, -0.05) is 47.5 Å². The summed E-state index contributed by atoms with van der Waals surface area (Å²) in [5.74, 6) is -0.933. The number of nitrogens with one attached hydrogen (secondary N) is 1. The second kappa shape index (κ2) is 8.83. The third-order valence-electron chi connectivity index (χ3n) is 3.60. The molecular weight excluding hydrogens is 366 g/mol. The molecule has 4 nitrogen and oxygen atoms in total. The Bertz CT molecular complexity index is 783. The first-order valence-electron chi connectivity index (χ1n) is 7.62. The zero-order valence-corrected chi connectivity index (χ0v) is 15.1. The third-order valence-corrected chi connectivity index (χ3v) is 4.41. The monoisotopic (exact) mass is 382 g/mol. The van der Waals surface area contributed by atoms with Gasteiger partial charge >= 0.3 is 0 Å². The van der Waals surface area contributed by atoms with Crippen LogP contribution in [0.15, 0.2) is 42.5 Å². The molecule has 132 valence electrons. The Morgan fingerprint density at radius 2 is 1.84 bits per heavy atom. The summed E-state index contributed by atoms with van der Waals surface area (Å²) >= 11 is 12.1. The van der Waals surface area contributed by atoms with Crippen molar-refractivity contribution in [2.24, 2.45) is 0 Å². The lowest BCUT2D eigenvalue weighted by molar-refractivity contribution is -0.121. The standard InChI is InChI=1S/C18H17Cl2FN2O2/c1-12(24)23(16-8-4-6-14(19)18(16)20)10-9-17(25)22-11-13-5-2-3-7-15(13)21/h2-8H,9-11H2,1H3,(H,22,25). The summed E-state index contributed by atoms with van der Waals surface area (Å²) in [4.78, 5) is 25.3. The van der Waals surface area contributed by atoms with E-state index in [1.807, 2.05) is 0 Å². The Morgan fingerprint density at radius 1 is 1.12 bits per heavy atom. The van der Waals surface area contributed by atoms with E-state index in [0.717, 1.165) is 0 Å². The number of benzene rings is 2. The number of nitrogens with zero attached hydrogens (tertiary/aromatic N) is 1. The summed E-state index contributed by atoms with van der Waals surface area (Å²) in [5, 5.41) is 3.22. The molecule has 0 saturated heterocycles. The molecule has 0 aliphatic heterocycles. The van der Waals surface area contributed by atoms with Gasteiger partial charge in [0, 0.05) is 32.0 Å². The van der Waals surface area contributed by atoms with Crippen LogP contribution in [0.2, 0.25) is 10.0 Å². The minimum atomic E-state index is -0.376. The second-order valence-electron chi connectivity index (χ2n) is 5.36. The van der Waals surface area contributed by atoms with Crippen molar-refractivity contribution in [3.63, 3.8) is 0 Å². The van der Waals surface area contributed by atoms with Gasteiger partial charge in [-0.05, 0) is 18.2 Å². The zero-order chi connectivity index (χ0) is 18.4. The number of rotatable bonds is 6. The molecule has 2 aromatic rings.